The van der Waals surface area contributed by atoms with Crippen LogP contribution in [-0.2, 0) is 0 Å². The molecule has 2 heterocycles. The van der Waals surface area contributed by atoms with E-state index in [9.17, 15) is 4.79 Å². The van der Waals surface area contributed by atoms with Gasteiger partial charge in [-0.1, -0.05) is 29.3 Å². The molecule has 4 heteroatoms. The molecule has 2 atom stereocenters. The third kappa shape index (κ3) is 3.54. The van der Waals surface area contributed by atoms with Crippen molar-refractivity contribution >= 4 is 21.8 Å². The van der Waals surface area contributed by atoms with Gasteiger partial charge in [0.1, 0.15) is 0 Å². The third-order valence-corrected chi connectivity index (χ3v) is 5.58. The predicted molar refractivity (Wildman–Crippen MR) is 93.1 cm³/mol. The first-order valence-electron chi connectivity index (χ1n) is 8.49. The Morgan fingerprint density at radius 2 is 1.86 bits per heavy atom. The highest BCUT2D eigenvalue weighted by atomic mass is 79.9. The monoisotopic (exact) mass is 364 g/mol. The van der Waals surface area contributed by atoms with Crippen LogP contribution in [0.25, 0.3) is 0 Å². The van der Waals surface area contributed by atoms with Gasteiger partial charge in [-0.15, -0.1) is 0 Å². The van der Waals surface area contributed by atoms with Crippen molar-refractivity contribution in [3.8, 4) is 0 Å². The lowest BCUT2D eigenvalue weighted by atomic mass is 9.81. The maximum Gasteiger partial charge on any atom is 0.251 e. The summed E-state index contributed by atoms with van der Waals surface area (Å²) in [5.41, 5.74) is 0.754. The van der Waals surface area contributed by atoms with Crippen LogP contribution in [0.4, 0.5) is 0 Å². The number of carbonyl (C=O) groups excluding carboxylic acids is 1. The summed E-state index contributed by atoms with van der Waals surface area (Å²) in [5, 5.41) is 3.26. The molecule has 2 aliphatic rings. The number of rotatable bonds is 4. The maximum atomic E-state index is 12.4. The molecule has 1 N–H and O–H groups in total. The molecule has 0 unspecified atom stereocenters. The number of benzene rings is 1. The van der Waals surface area contributed by atoms with Gasteiger partial charge in [0.25, 0.3) is 5.91 Å². The minimum atomic E-state index is 0.0690. The summed E-state index contributed by atoms with van der Waals surface area (Å²) in [6.07, 6.45) is 7.38. The molecule has 120 valence electrons. The Hall–Kier alpha value is -0.870. The molecule has 0 spiro atoms. The summed E-state index contributed by atoms with van der Waals surface area (Å²) >= 11 is 3.41. The fourth-order valence-electron chi connectivity index (χ4n) is 4.09. The zero-order chi connectivity index (χ0) is 15.5. The Labute approximate surface area is 141 Å². The van der Waals surface area contributed by atoms with Gasteiger partial charge in [-0.25, -0.2) is 0 Å². The molecule has 2 fully saturated rings. The molecule has 0 radical (unpaired) electrons. The number of nitrogens with one attached hydrogen (secondary N) is 1. The average molecular weight is 365 g/mol. The molecule has 2 saturated heterocycles. The summed E-state index contributed by atoms with van der Waals surface area (Å²) in [7, 11) is 0. The fraction of sp³-hybridized carbons (Fsp3) is 0.611. The predicted octanol–water partition coefficient (Wildman–Crippen LogP) is 3.97. The number of hydrogen-bond acceptors (Lipinski definition) is 2. The van der Waals surface area contributed by atoms with Crippen LogP contribution >= 0.6 is 15.9 Å². The van der Waals surface area contributed by atoms with Gasteiger partial charge in [0.05, 0.1) is 0 Å². The number of nitrogens with zero attached hydrogens (tertiary/aromatic N) is 1. The minimum Gasteiger partial charge on any atom is -0.349 e. The second kappa shape index (κ2) is 7.14. The van der Waals surface area contributed by atoms with Gasteiger partial charge in [0, 0.05) is 28.2 Å². The zero-order valence-electron chi connectivity index (χ0n) is 13.2. The van der Waals surface area contributed by atoms with Crippen molar-refractivity contribution in [1.82, 2.24) is 10.2 Å². The summed E-state index contributed by atoms with van der Waals surface area (Å²) in [4.78, 5) is 15.1. The molecule has 3 nitrogen and oxygen atoms in total. The molecular weight excluding hydrogens is 340 g/mol. The van der Waals surface area contributed by atoms with E-state index in [0.29, 0.717) is 18.1 Å². The molecule has 1 aromatic carbocycles. The van der Waals surface area contributed by atoms with Crippen molar-refractivity contribution in [2.24, 2.45) is 0 Å². The number of carbonyl (C=O) groups is 1. The topological polar surface area (TPSA) is 32.3 Å². The quantitative estimate of drug-likeness (QED) is 0.876. The van der Waals surface area contributed by atoms with E-state index in [4.69, 9.17) is 0 Å². The molecule has 22 heavy (non-hydrogen) atoms. The molecule has 3 rings (SSSR count). The van der Waals surface area contributed by atoms with Crippen LogP contribution in [0.1, 0.15) is 55.8 Å². The van der Waals surface area contributed by atoms with E-state index in [1.54, 1.807) is 0 Å². The van der Waals surface area contributed by atoms with Gasteiger partial charge >= 0.3 is 0 Å². The van der Waals surface area contributed by atoms with Crippen molar-refractivity contribution in [2.75, 3.05) is 6.54 Å². The Morgan fingerprint density at radius 3 is 2.45 bits per heavy atom. The second-order valence-corrected chi connectivity index (χ2v) is 7.54. The maximum absolute atomic E-state index is 12.4. The van der Waals surface area contributed by atoms with Crippen molar-refractivity contribution in [2.45, 2.75) is 63.6 Å². The molecule has 2 bridgehead atoms. The lowest BCUT2D eigenvalue weighted by molar-refractivity contribution is 0.0245. The van der Waals surface area contributed by atoms with Gasteiger partial charge in [0.15, 0.2) is 0 Å². The van der Waals surface area contributed by atoms with Crippen molar-refractivity contribution in [1.29, 1.82) is 0 Å². The molecule has 1 amide bonds. The van der Waals surface area contributed by atoms with Gasteiger partial charge in [-0.05, 0) is 62.9 Å². The van der Waals surface area contributed by atoms with Gasteiger partial charge in [0.2, 0.25) is 0 Å². The molecular formula is C18H25BrN2O. The number of piperidine rings is 2. The zero-order valence-corrected chi connectivity index (χ0v) is 14.8. The molecule has 0 saturated carbocycles. The Balaban J connectivity index is 1.62. The largest absolute Gasteiger partial charge is 0.349 e. The van der Waals surface area contributed by atoms with E-state index >= 15 is 0 Å². The fourth-order valence-corrected chi connectivity index (χ4v) is 4.35. The average Bonchev–Trinajstić information content (AvgIpc) is 2.49. The van der Waals surface area contributed by atoms with Crippen LogP contribution in [-0.4, -0.2) is 35.5 Å². The van der Waals surface area contributed by atoms with Crippen LogP contribution in [0.15, 0.2) is 28.7 Å². The van der Waals surface area contributed by atoms with Crippen molar-refractivity contribution < 1.29 is 4.79 Å². The SMILES string of the molecule is CCCN1[C@H]2CCC[C@H]1CC(NC(=O)c1ccc(Br)cc1)C2. The Kier molecular flexibility index (Phi) is 5.19. The van der Waals surface area contributed by atoms with E-state index in [1.807, 2.05) is 24.3 Å². The molecule has 0 aromatic heterocycles. The summed E-state index contributed by atoms with van der Waals surface area (Å²) in [6.45, 7) is 3.47. The first-order valence-corrected chi connectivity index (χ1v) is 9.29. The lowest BCUT2D eigenvalue weighted by Crippen LogP contribution is -2.57. The van der Waals surface area contributed by atoms with Crippen LogP contribution < -0.4 is 5.32 Å². The van der Waals surface area contributed by atoms with Crippen molar-refractivity contribution in [3.05, 3.63) is 34.3 Å². The van der Waals surface area contributed by atoms with Crippen molar-refractivity contribution in [3.63, 3.8) is 0 Å². The minimum absolute atomic E-state index is 0.0690. The van der Waals surface area contributed by atoms with E-state index in [0.717, 1.165) is 22.9 Å². The van der Waals surface area contributed by atoms with Crippen LogP contribution in [0.3, 0.4) is 0 Å². The Morgan fingerprint density at radius 1 is 1.23 bits per heavy atom. The number of hydrogen-bond donors (Lipinski definition) is 1. The molecule has 1 aromatic rings. The number of amides is 1. The van der Waals surface area contributed by atoms with Crippen LogP contribution in [0.5, 0.6) is 0 Å². The third-order valence-electron chi connectivity index (χ3n) is 5.05. The molecule has 2 aliphatic heterocycles. The highest BCUT2D eigenvalue weighted by Gasteiger charge is 2.38. The summed E-state index contributed by atoms with van der Waals surface area (Å²) in [6, 6.07) is 9.28. The molecule has 0 aliphatic carbocycles. The van der Waals surface area contributed by atoms with Crippen LogP contribution in [0.2, 0.25) is 0 Å². The second-order valence-electron chi connectivity index (χ2n) is 6.63. The standard InChI is InChI=1S/C18H25BrN2O/c1-2-10-21-16-4-3-5-17(21)12-15(11-16)20-18(22)13-6-8-14(19)9-7-13/h6-9,15-17H,2-5,10-12H2,1H3,(H,20,22)/t16-,17-/m0/s1. The van der Waals surface area contributed by atoms with Gasteiger partial charge in [-0.3, -0.25) is 9.69 Å². The highest BCUT2D eigenvalue weighted by Crippen LogP contribution is 2.34. The number of halogens is 1. The number of fused-ring (bicyclic) bond motifs is 2. The first kappa shape index (κ1) is 16.0. The van der Waals surface area contributed by atoms with E-state index < -0.39 is 0 Å². The van der Waals surface area contributed by atoms with E-state index in [-0.39, 0.29) is 5.91 Å². The summed E-state index contributed by atoms with van der Waals surface area (Å²) in [5.74, 6) is 0.0690. The first-order chi connectivity index (χ1) is 10.7. The van der Waals surface area contributed by atoms with E-state index in [1.165, 1.54) is 32.2 Å². The lowest BCUT2D eigenvalue weighted by Gasteiger charge is -2.49. The normalized spacial score (nSPS) is 28.4. The van der Waals surface area contributed by atoms with E-state index in [2.05, 4.69) is 33.1 Å². The smallest absolute Gasteiger partial charge is 0.251 e. The van der Waals surface area contributed by atoms with Gasteiger partial charge in [-0.2, -0.15) is 0 Å². The Bertz CT molecular complexity index is 502. The summed E-state index contributed by atoms with van der Waals surface area (Å²) < 4.78 is 1.01. The van der Waals surface area contributed by atoms with Gasteiger partial charge < -0.3 is 5.32 Å². The van der Waals surface area contributed by atoms with Crippen LogP contribution in [0, 0.1) is 0 Å². The highest BCUT2D eigenvalue weighted by molar-refractivity contribution is 9.10.